The number of halogens is 2. The highest BCUT2D eigenvalue weighted by molar-refractivity contribution is 6.33. The van der Waals surface area contributed by atoms with E-state index in [2.05, 4.69) is 20.6 Å². The number of nitrogens with zero attached hydrogens (tertiary/aromatic N) is 5. The van der Waals surface area contributed by atoms with Gasteiger partial charge in [0.2, 0.25) is 17.8 Å². The molecule has 1 saturated carbocycles. The molecule has 12 heteroatoms. The normalized spacial score (nSPS) is 20.7. The summed E-state index contributed by atoms with van der Waals surface area (Å²) in [6.07, 6.45) is 6.01. The first-order valence-electron chi connectivity index (χ1n) is 12.0. The Balaban J connectivity index is 1.53. The molecule has 1 amide bonds. The SMILES string of the molecule is N#Cc1cc(F)c(Nc2nc3cnc(NC4CCOCC4)nc3n2C2CCC(C(N)=O)CC2)c(Cl)c1. The predicted octanol–water partition coefficient (Wildman–Crippen LogP) is 4.04. The average molecular weight is 513 g/mol. The van der Waals surface area contributed by atoms with Gasteiger partial charge in [0.1, 0.15) is 11.3 Å². The van der Waals surface area contributed by atoms with E-state index < -0.39 is 5.82 Å². The van der Waals surface area contributed by atoms with Crippen molar-refractivity contribution in [1.29, 1.82) is 5.26 Å². The first-order valence-corrected chi connectivity index (χ1v) is 12.4. The van der Waals surface area contributed by atoms with Crippen LogP contribution in [0.3, 0.4) is 0 Å². The number of hydrogen-bond acceptors (Lipinski definition) is 8. The summed E-state index contributed by atoms with van der Waals surface area (Å²) in [5.74, 6) is -0.286. The number of nitrogens with two attached hydrogens (primary N) is 1. The van der Waals surface area contributed by atoms with Crippen LogP contribution in [0.5, 0.6) is 0 Å². The summed E-state index contributed by atoms with van der Waals surface area (Å²) >= 11 is 6.30. The number of anilines is 3. The van der Waals surface area contributed by atoms with E-state index in [-0.39, 0.29) is 40.2 Å². The molecule has 3 aromatic rings. The number of ether oxygens (including phenoxy) is 1. The van der Waals surface area contributed by atoms with E-state index in [4.69, 9.17) is 32.3 Å². The minimum absolute atomic E-state index is 0.0200. The number of rotatable bonds is 6. The van der Waals surface area contributed by atoms with Crippen molar-refractivity contribution in [3.63, 3.8) is 0 Å². The third kappa shape index (κ3) is 4.92. The summed E-state index contributed by atoms with van der Waals surface area (Å²) in [5.41, 5.74) is 6.80. The topological polar surface area (TPSA) is 144 Å². The second-order valence-electron chi connectivity index (χ2n) is 9.20. The van der Waals surface area contributed by atoms with Gasteiger partial charge in [-0.15, -0.1) is 0 Å². The van der Waals surface area contributed by atoms with Gasteiger partial charge >= 0.3 is 0 Å². The summed E-state index contributed by atoms with van der Waals surface area (Å²) in [5, 5.41) is 15.6. The quantitative estimate of drug-likeness (QED) is 0.449. The van der Waals surface area contributed by atoms with E-state index in [9.17, 15) is 9.18 Å². The van der Waals surface area contributed by atoms with Crippen molar-refractivity contribution < 1.29 is 13.9 Å². The van der Waals surface area contributed by atoms with Crippen LogP contribution in [-0.4, -0.2) is 44.7 Å². The highest BCUT2D eigenvalue weighted by atomic mass is 35.5. The zero-order chi connectivity index (χ0) is 25.2. The Labute approximate surface area is 212 Å². The van der Waals surface area contributed by atoms with Gasteiger partial charge in [-0.05, 0) is 50.7 Å². The van der Waals surface area contributed by atoms with Gasteiger partial charge in [0.05, 0.1) is 28.5 Å². The summed E-state index contributed by atoms with van der Waals surface area (Å²) in [6, 6.07) is 4.58. The number of nitrogens with one attached hydrogen (secondary N) is 2. The van der Waals surface area contributed by atoms with Crippen LogP contribution in [0, 0.1) is 23.1 Å². The number of carbonyl (C=O) groups is 1. The van der Waals surface area contributed by atoms with Crippen LogP contribution in [0.4, 0.5) is 22.0 Å². The van der Waals surface area contributed by atoms with Crippen molar-refractivity contribution in [2.45, 2.75) is 50.6 Å². The minimum Gasteiger partial charge on any atom is -0.381 e. The molecule has 1 aromatic carbocycles. The van der Waals surface area contributed by atoms with Gasteiger partial charge in [-0.2, -0.15) is 10.2 Å². The number of aromatic nitrogens is 4. The van der Waals surface area contributed by atoms with Crippen molar-refractivity contribution in [3.05, 3.63) is 34.7 Å². The van der Waals surface area contributed by atoms with Crippen molar-refractivity contribution >= 4 is 46.3 Å². The lowest BCUT2D eigenvalue weighted by Gasteiger charge is -2.29. The summed E-state index contributed by atoms with van der Waals surface area (Å²) in [6.45, 7) is 1.37. The fourth-order valence-corrected chi connectivity index (χ4v) is 5.16. The molecule has 1 saturated heterocycles. The van der Waals surface area contributed by atoms with E-state index in [0.717, 1.165) is 18.9 Å². The van der Waals surface area contributed by atoms with Crippen molar-refractivity contribution in [2.24, 2.45) is 11.7 Å². The van der Waals surface area contributed by atoms with Crippen LogP contribution in [0.25, 0.3) is 11.2 Å². The number of fused-ring (bicyclic) bond motifs is 1. The number of benzene rings is 1. The predicted molar refractivity (Wildman–Crippen MR) is 132 cm³/mol. The molecule has 1 aliphatic heterocycles. The minimum atomic E-state index is -0.664. The number of imidazole rings is 1. The van der Waals surface area contributed by atoms with Crippen LogP contribution in [0.2, 0.25) is 5.02 Å². The molecule has 2 aliphatic rings. The van der Waals surface area contributed by atoms with Crippen LogP contribution in [0.15, 0.2) is 18.3 Å². The highest BCUT2D eigenvalue weighted by Crippen LogP contribution is 2.38. The molecule has 0 bridgehead atoms. The Morgan fingerprint density at radius 1 is 1.19 bits per heavy atom. The third-order valence-corrected chi connectivity index (χ3v) is 7.16. The van der Waals surface area contributed by atoms with Gasteiger partial charge in [0.25, 0.3) is 0 Å². The Morgan fingerprint density at radius 3 is 2.61 bits per heavy atom. The first-order chi connectivity index (χ1) is 17.4. The highest BCUT2D eigenvalue weighted by Gasteiger charge is 2.29. The van der Waals surface area contributed by atoms with Gasteiger partial charge in [-0.1, -0.05) is 11.6 Å². The zero-order valence-electron chi connectivity index (χ0n) is 19.5. The molecule has 3 heterocycles. The molecular weight excluding hydrogens is 487 g/mol. The number of primary amides is 1. The van der Waals surface area contributed by atoms with E-state index in [0.29, 0.717) is 62.0 Å². The maximum absolute atomic E-state index is 14.8. The molecule has 0 unspecified atom stereocenters. The van der Waals surface area contributed by atoms with Crippen LogP contribution >= 0.6 is 11.6 Å². The molecule has 36 heavy (non-hydrogen) atoms. The molecule has 2 fully saturated rings. The molecule has 4 N–H and O–H groups in total. The monoisotopic (exact) mass is 512 g/mol. The maximum Gasteiger partial charge on any atom is 0.224 e. The lowest BCUT2D eigenvalue weighted by atomic mass is 9.85. The second-order valence-corrected chi connectivity index (χ2v) is 9.61. The number of hydrogen-bond donors (Lipinski definition) is 3. The molecule has 2 aromatic heterocycles. The first kappa shape index (κ1) is 24.2. The Hall–Kier alpha value is -3.49. The van der Waals surface area contributed by atoms with Crippen molar-refractivity contribution in [1.82, 2.24) is 19.5 Å². The van der Waals surface area contributed by atoms with Gasteiger partial charge in [-0.3, -0.25) is 9.36 Å². The Kier molecular flexibility index (Phi) is 6.89. The van der Waals surface area contributed by atoms with Crippen LogP contribution in [-0.2, 0) is 9.53 Å². The van der Waals surface area contributed by atoms with E-state index in [1.807, 2.05) is 10.6 Å². The molecule has 188 valence electrons. The lowest BCUT2D eigenvalue weighted by molar-refractivity contribution is -0.122. The molecule has 0 spiro atoms. The summed E-state index contributed by atoms with van der Waals surface area (Å²) in [4.78, 5) is 25.6. The standard InChI is InChI=1S/C24H26ClFN8O2/c25-17-9-13(11-27)10-18(26)20(17)32-24-31-19-12-29-23(30-15-5-7-36-8-6-15)33-22(19)34(24)16-3-1-14(2-4-16)21(28)35/h9-10,12,14-16H,1-8H2,(H2,28,35)(H,31,32)(H,29,30,33). The summed E-state index contributed by atoms with van der Waals surface area (Å²) < 4.78 is 22.2. The number of amides is 1. The maximum atomic E-state index is 14.8. The largest absolute Gasteiger partial charge is 0.381 e. The fourth-order valence-electron chi connectivity index (χ4n) is 4.91. The van der Waals surface area contributed by atoms with Gasteiger partial charge in [0.15, 0.2) is 5.65 Å². The second kappa shape index (κ2) is 10.2. The smallest absolute Gasteiger partial charge is 0.224 e. The molecule has 1 aliphatic carbocycles. The van der Waals surface area contributed by atoms with E-state index in [1.165, 1.54) is 6.07 Å². The molecule has 5 rings (SSSR count). The third-order valence-electron chi connectivity index (χ3n) is 6.86. The number of carbonyl (C=O) groups excluding carboxylic acids is 1. The van der Waals surface area contributed by atoms with Gasteiger partial charge < -0.3 is 21.1 Å². The van der Waals surface area contributed by atoms with Gasteiger partial charge in [0, 0.05) is 31.2 Å². The van der Waals surface area contributed by atoms with Crippen molar-refractivity contribution in [3.8, 4) is 6.07 Å². The van der Waals surface area contributed by atoms with Gasteiger partial charge in [-0.25, -0.2) is 14.4 Å². The molecule has 0 atom stereocenters. The Bertz CT molecular complexity index is 1300. The fraction of sp³-hybridized carbons (Fsp3) is 0.458. The number of nitriles is 1. The van der Waals surface area contributed by atoms with Crippen molar-refractivity contribution in [2.75, 3.05) is 23.8 Å². The lowest BCUT2D eigenvalue weighted by Crippen LogP contribution is -2.29. The molecule has 10 nitrogen and oxygen atoms in total. The van der Waals surface area contributed by atoms with E-state index >= 15 is 0 Å². The Morgan fingerprint density at radius 2 is 1.94 bits per heavy atom. The summed E-state index contributed by atoms with van der Waals surface area (Å²) in [7, 11) is 0. The van der Waals surface area contributed by atoms with Crippen LogP contribution < -0.4 is 16.4 Å². The zero-order valence-corrected chi connectivity index (χ0v) is 20.3. The molecule has 0 radical (unpaired) electrons. The van der Waals surface area contributed by atoms with Crippen LogP contribution in [0.1, 0.15) is 50.1 Å². The van der Waals surface area contributed by atoms with E-state index in [1.54, 1.807) is 6.20 Å². The molecular formula is C24H26ClFN8O2. The average Bonchev–Trinajstić information content (AvgIpc) is 3.24.